The highest BCUT2D eigenvalue weighted by Gasteiger charge is 2.16. The van der Waals surface area contributed by atoms with Gasteiger partial charge in [-0.15, -0.1) is 11.3 Å². The van der Waals surface area contributed by atoms with Gasteiger partial charge in [0.1, 0.15) is 9.88 Å². The number of thiazole rings is 1. The highest BCUT2D eigenvalue weighted by molar-refractivity contribution is 7.89. The van der Waals surface area contributed by atoms with Crippen LogP contribution in [0, 0.1) is 6.92 Å². The van der Waals surface area contributed by atoms with Crippen LogP contribution in [0.2, 0.25) is 0 Å². The second-order valence-corrected chi connectivity index (χ2v) is 7.13. The smallest absolute Gasteiger partial charge is 0.263 e. The van der Waals surface area contributed by atoms with Gasteiger partial charge in [0, 0.05) is 12.6 Å². The third-order valence-corrected chi connectivity index (χ3v) is 5.55. The molecule has 1 aromatic heterocycles. The first-order chi connectivity index (χ1) is 9.89. The largest absolute Gasteiger partial charge is 0.354 e. The van der Waals surface area contributed by atoms with Crippen LogP contribution in [-0.4, -0.2) is 33.4 Å². The summed E-state index contributed by atoms with van der Waals surface area (Å²) < 4.78 is 25.6. The van der Waals surface area contributed by atoms with Gasteiger partial charge >= 0.3 is 0 Å². The number of carbonyl (C=O) groups is 1. The molecule has 0 bridgehead atoms. The zero-order valence-corrected chi connectivity index (χ0v) is 13.4. The number of aromatic nitrogens is 1. The van der Waals surface area contributed by atoms with Crippen LogP contribution in [0.25, 0.3) is 10.6 Å². The molecule has 112 valence electrons. The predicted octanol–water partition coefficient (Wildman–Crippen LogP) is 1.39. The first kappa shape index (κ1) is 15.6. The van der Waals surface area contributed by atoms with Crippen molar-refractivity contribution in [3.05, 3.63) is 34.8 Å². The molecule has 1 aromatic carbocycles. The zero-order valence-electron chi connectivity index (χ0n) is 11.8. The van der Waals surface area contributed by atoms with Crippen molar-refractivity contribution < 1.29 is 13.2 Å². The lowest BCUT2D eigenvalue weighted by molar-refractivity contribution is 0.0966. The molecule has 0 atom stereocenters. The maximum atomic E-state index is 11.7. The number of nitrogens with zero attached hydrogens (tertiary/aromatic N) is 1. The number of sulfonamides is 1. The summed E-state index contributed by atoms with van der Waals surface area (Å²) in [5.74, 6) is -0.175. The van der Waals surface area contributed by atoms with E-state index in [1.54, 1.807) is 26.1 Å². The molecule has 2 aromatic rings. The zero-order chi connectivity index (χ0) is 15.6. The van der Waals surface area contributed by atoms with Crippen molar-refractivity contribution in [2.24, 2.45) is 0 Å². The molecule has 6 nitrogen and oxygen atoms in total. The molecule has 1 heterocycles. The van der Waals surface area contributed by atoms with Gasteiger partial charge in [-0.3, -0.25) is 4.79 Å². The SMILES string of the molecule is CNC(=O)c1sc(-c2ccc(S(=O)(=O)NC)cc2)nc1C. The minimum Gasteiger partial charge on any atom is -0.354 e. The van der Waals surface area contributed by atoms with E-state index < -0.39 is 10.0 Å². The Morgan fingerprint density at radius 3 is 2.33 bits per heavy atom. The van der Waals surface area contributed by atoms with Gasteiger partial charge in [-0.1, -0.05) is 12.1 Å². The lowest BCUT2D eigenvalue weighted by Gasteiger charge is -2.02. The fourth-order valence-corrected chi connectivity index (χ4v) is 3.49. The molecule has 0 fully saturated rings. The minimum atomic E-state index is -3.45. The average molecular weight is 325 g/mol. The number of hydrogen-bond donors (Lipinski definition) is 2. The first-order valence-electron chi connectivity index (χ1n) is 6.12. The molecular weight excluding hydrogens is 310 g/mol. The van der Waals surface area contributed by atoms with Crippen LogP contribution in [0.1, 0.15) is 15.4 Å². The second-order valence-electron chi connectivity index (χ2n) is 4.24. The summed E-state index contributed by atoms with van der Waals surface area (Å²) in [5, 5.41) is 3.25. The van der Waals surface area contributed by atoms with Crippen LogP contribution >= 0.6 is 11.3 Å². The van der Waals surface area contributed by atoms with Crippen molar-refractivity contribution in [2.45, 2.75) is 11.8 Å². The molecular formula is C13H15N3O3S2. The van der Waals surface area contributed by atoms with Crippen LogP contribution in [0.5, 0.6) is 0 Å². The molecule has 2 N–H and O–H groups in total. The van der Waals surface area contributed by atoms with Gasteiger partial charge in [-0.25, -0.2) is 18.1 Å². The maximum absolute atomic E-state index is 11.7. The van der Waals surface area contributed by atoms with E-state index in [1.165, 1.54) is 30.5 Å². The monoisotopic (exact) mass is 325 g/mol. The van der Waals surface area contributed by atoms with Crippen LogP contribution < -0.4 is 10.0 Å². The Kier molecular flexibility index (Phi) is 4.40. The molecule has 1 amide bonds. The van der Waals surface area contributed by atoms with Crippen molar-refractivity contribution in [1.29, 1.82) is 0 Å². The van der Waals surface area contributed by atoms with E-state index in [2.05, 4.69) is 15.0 Å². The van der Waals surface area contributed by atoms with Crippen LogP contribution in [0.3, 0.4) is 0 Å². The normalized spacial score (nSPS) is 11.4. The Labute approximate surface area is 127 Å². The number of carbonyl (C=O) groups excluding carboxylic acids is 1. The van der Waals surface area contributed by atoms with Crippen LogP contribution in [0.15, 0.2) is 29.2 Å². The standard InChI is InChI=1S/C13H15N3O3S2/c1-8-11(12(17)14-2)20-13(16-8)9-4-6-10(7-5-9)21(18,19)15-3/h4-7,15H,1-3H3,(H,14,17). The Morgan fingerprint density at radius 1 is 1.19 bits per heavy atom. The molecule has 0 saturated heterocycles. The number of benzene rings is 1. The van der Waals surface area contributed by atoms with Crippen molar-refractivity contribution >= 4 is 27.3 Å². The fraction of sp³-hybridized carbons (Fsp3) is 0.231. The minimum absolute atomic E-state index is 0.175. The maximum Gasteiger partial charge on any atom is 0.263 e. The molecule has 0 spiro atoms. The summed E-state index contributed by atoms with van der Waals surface area (Å²) in [6, 6.07) is 6.38. The molecule has 0 saturated carbocycles. The average Bonchev–Trinajstić information content (AvgIpc) is 2.88. The topological polar surface area (TPSA) is 88.2 Å². The summed E-state index contributed by atoms with van der Waals surface area (Å²) in [4.78, 5) is 16.8. The number of hydrogen-bond acceptors (Lipinski definition) is 5. The van der Waals surface area contributed by atoms with Crippen LogP contribution in [-0.2, 0) is 10.0 Å². The molecule has 0 aliphatic heterocycles. The lowest BCUT2D eigenvalue weighted by Crippen LogP contribution is -2.18. The molecule has 0 radical (unpaired) electrons. The lowest BCUT2D eigenvalue weighted by atomic mass is 10.2. The van der Waals surface area contributed by atoms with E-state index in [0.717, 1.165) is 5.56 Å². The quantitative estimate of drug-likeness (QED) is 0.889. The fourth-order valence-electron chi connectivity index (χ4n) is 1.74. The van der Waals surface area contributed by atoms with E-state index in [0.29, 0.717) is 15.6 Å². The molecule has 8 heteroatoms. The summed E-state index contributed by atoms with van der Waals surface area (Å²) >= 11 is 1.28. The Bertz CT molecular complexity index is 764. The summed E-state index contributed by atoms with van der Waals surface area (Å²) in [5.41, 5.74) is 1.43. The van der Waals surface area contributed by atoms with Gasteiger partial charge in [0.15, 0.2) is 0 Å². The highest BCUT2D eigenvalue weighted by atomic mass is 32.2. The van der Waals surface area contributed by atoms with Crippen molar-refractivity contribution in [1.82, 2.24) is 15.0 Å². The molecule has 0 aliphatic rings. The van der Waals surface area contributed by atoms with E-state index >= 15 is 0 Å². The Hall–Kier alpha value is -1.77. The van der Waals surface area contributed by atoms with Crippen LogP contribution in [0.4, 0.5) is 0 Å². The summed E-state index contributed by atoms with van der Waals surface area (Å²) in [6.45, 7) is 1.77. The van der Waals surface area contributed by atoms with E-state index in [-0.39, 0.29) is 10.8 Å². The molecule has 0 aliphatic carbocycles. The van der Waals surface area contributed by atoms with E-state index in [4.69, 9.17) is 0 Å². The summed E-state index contributed by atoms with van der Waals surface area (Å²) in [7, 11) is -0.516. The van der Waals surface area contributed by atoms with Crippen molar-refractivity contribution in [3.63, 3.8) is 0 Å². The van der Waals surface area contributed by atoms with Crippen molar-refractivity contribution in [3.8, 4) is 10.6 Å². The molecule has 21 heavy (non-hydrogen) atoms. The third-order valence-electron chi connectivity index (χ3n) is 2.91. The number of nitrogens with one attached hydrogen (secondary N) is 2. The number of aryl methyl sites for hydroxylation is 1. The van der Waals surface area contributed by atoms with Gasteiger partial charge in [-0.2, -0.15) is 0 Å². The first-order valence-corrected chi connectivity index (χ1v) is 8.42. The van der Waals surface area contributed by atoms with E-state index in [9.17, 15) is 13.2 Å². The second kappa shape index (κ2) is 5.92. The van der Waals surface area contributed by atoms with E-state index in [1.807, 2.05) is 0 Å². The van der Waals surface area contributed by atoms with Crippen molar-refractivity contribution in [2.75, 3.05) is 14.1 Å². The highest BCUT2D eigenvalue weighted by Crippen LogP contribution is 2.28. The van der Waals surface area contributed by atoms with Gasteiger partial charge in [0.25, 0.3) is 5.91 Å². The van der Waals surface area contributed by atoms with Gasteiger partial charge < -0.3 is 5.32 Å². The van der Waals surface area contributed by atoms with Gasteiger partial charge in [0.2, 0.25) is 10.0 Å². The number of rotatable bonds is 4. The van der Waals surface area contributed by atoms with Gasteiger partial charge in [-0.05, 0) is 26.1 Å². The molecule has 2 rings (SSSR count). The molecule has 0 unspecified atom stereocenters. The predicted molar refractivity (Wildman–Crippen MR) is 81.9 cm³/mol. The Morgan fingerprint density at radius 2 is 1.81 bits per heavy atom. The third kappa shape index (κ3) is 3.12. The number of amides is 1. The Balaban J connectivity index is 2.38. The van der Waals surface area contributed by atoms with Gasteiger partial charge in [0.05, 0.1) is 10.6 Å². The summed E-state index contributed by atoms with van der Waals surface area (Å²) in [6.07, 6.45) is 0.